The number of carbonyl (C=O) groups excluding carboxylic acids is 1. The van der Waals surface area contributed by atoms with Gasteiger partial charge in [0.2, 0.25) is 0 Å². The average molecular weight is 317 g/mol. The lowest BCUT2D eigenvalue weighted by atomic mass is 10.3. The molecule has 0 unspecified atom stereocenters. The Morgan fingerprint density at radius 2 is 2.41 bits per heavy atom. The van der Waals surface area contributed by atoms with E-state index in [0.29, 0.717) is 18.0 Å². The maximum Gasteiger partial charge on any atom is 0.261 e. The van der Waals surface area contributed by atoms with Crippen molar-refractivity contribution in [3.63, 3.8) is 0 Å². The van der Waals surface area contributed by atoms with Crippen molar-refractivity contribution < 1.29 is 4.79 Å². The van der Waals surface area contributed by atoms with Gasteiger partial charge in [0.15, 0.2) is 0 Å². The minimum atomic E-state index is -0.0485. The molecule has 1 N–H and O–H groups in total. The quantitative estimate of drug-likeness (QED) is 0.370. The van der Waals surface area contributed by atoms with Gasteiger partial charge >= 0.3 is 0 Å². The van der Waals surface area contributed by atoms with Gasteiger partial charge in [-0.1, -0.05) is 5.11 Å². The zero-order chi connectivity index (χ0) is 12.7. The smallest absolute Gasteiger partial charge is 0.261 e. The van der Waals surface area contributed by atoms with Crippen LogP contribution in [-0.4, -0.2) is 19.0 Å². The first kappa shape index (κ1) is 14.0. The Morgan fingerprint density at radius 1 is 1.65 bits per heavy atom. The number of halogens is 1. The number of nitrogens with one attached hydrogen (secondary N) is 1. The minimum absolute atomic E-state index is 0.0485. The Labute approximate surface area is 112 Å². The number of carbonyl (C=O) groups is 1. The lowest BCUT2D eigenvalue weighted by molar-refractivity contribution is 0.0957. The SMILES string of the molecule is Cc1cc(C(=O)NCCCCN=[N+]=[N-])sc1Br. The van der Waals surface area contributed by atoms with Gasteiger partial charge in [-0.05, 0) is 52.9 Å². The van der Waals surface area contributed by atoms with Crippen LogP contribution in [0, 0.1) is 6.92 Å². The zero-order valence-corrected chi connectivity index (χ0v) is 11.8. The van der Waals surface area contributed by atoms with Crippen LogP contribution in [0.1, 0.15) is 28.1 Å². The van der Waals surface area contributed by atoms with Crippen molar-refractivity contribution >= 4 is 33.2 Å². The fraction of sp³-hybridized carbons (Fsp3) is 0.500. The summed E-state index contributed by atoms with van der Waals surface area (Å²) in [5.74, 6) is -0.0485. The van der Waals surface area contributed by atoms with E-state index in [-0.39, 0.29) is 5.91 Å². The molecule has 0 atom stereocenters. The van der Waals surface area contributed by atoms with E-state index in [9.17, 15) is 4.79 Å². The van der Waals surface area contributed by atoms with E-state index in [0.717, 1.165) is 22.2 Å². The molecule has 0 fully saturated rings. The van der Waals surface area contributed by atoms with Crippen molar-refractivity contribution in [2.75, 3.05) is 13.1 Å². The van der Waals surface area contributed by atoms with Gasteiger partial charge in [0.25, 0.3) is 5.91 Å². The van der Waals surface area contributed by atoms with Gasteiger partial charge in [0.05, 0.1) is 8.66 Å². The van der Waals surface area contributed by atoms with E-state index >= 15 is 0 Å². The fourth-order valence-electron chi connectivity index (χ4n) is 1.21. The Kier molecular flexibility index (Phi) is 6.04. The van der Waals surface area contributed by atoms with Crippen molar-refractivity contribution in [2.24, 2.45) is 5.11 Å². The van der Waals surface area contributed by atoms with Crippen LogP contribution in [-0.2, 0) is 0 Å². The summed E-state index contributed by atoms with van der Waals surface area (Å²) in [6, 6.07) is 1.87. The molecule has 1 aromatic heterocycles. The number of rotatable bonds is 6. The van der Waals surface area contributed by atoms with Crippen LogP contribution in [0.25, 0.3) is 10.4 Å². The Morgan fingerprint density at radius 3 is 3.00 bits per heavy atom. The van der Waals surface area contributed by atoms with Gasteiger partial charge in [-0.25, -0.2) is 0 Å². The van der Waals surface area contributed by atoms with Crippen molar-refractivity contribution in [3.8, 4) is 0 Å². The molecule has 0 aromatic carbocycles. The first-order valence-electron chi connectivity index (χ1n) is 5.20. The highest BCUT2D eigenvalue weighted by atomic mass is 79.9. The summed E-state index contributed by atoms with van der Waals surface area (Å²) in [5.41, 5.74) is 9.15. The van der Waals surface area contributed by atoms with Crippen LogP contribution < -0.4 is 5.32 Å². The van der Waals surface area contributed by atoms with Gasteiger partial charge < -0.3 is 5.32 Å². The molecular formula is C10H13BrN4OS. The minimum Gasteiger partial charge on any atom is -0.351 e. The zero-order valence-electron chi connectivity index (χ0n) is 9.44. The lowest BCUT2D eigenvalue weighted by Crippen LogP contribution is -2.23. The Bertz CT molecular complexity index is 420. The number of unbranched alkanes of at least 4 members (excludes halogenated alkanes) is 1. The standard InChI is InChI=1S/C10H13BrN4OS/c1-7-6-8(17-9(7)11)10(16)13-4-2-3-5-14-15-12/h6H,2-5H2,1H3,(H,13,16). The van der Waals surface area contributed by atoms with E-state index in [2.05, 4.69) is 31.3 Å². The molecule has 1 amide bonds. The molecule has 0 radical (unpaired) electrons. The number of nitrogens with zero attached hydrogens (tertiary/aromatic N) is 3. The number of amides is 1. The molecule has 92 valence electrons. The van der Waals surface area contributed by atoms with Gasteiger partial charge in [-0.2, -0.15) is 0 Å². The molecule has 0 saturated carbocycles. The number of thiophene rings is 1. The predicted octanol–water partition coefficient (Wildman–Crippen LogP) is 3.64. The normalized spacial score (nSPS) is 9.76. The van der Waals surface area contributed by atoms with E-state index in [1.54, 1.807) is 0 Å². The van der Waals surface area contributed by atoms with Gasteiger partial charge in [-0.15, -0.1) is 11.3 Å². The summed E-state index contributed by atoms with van der Waals surface area (Å²) in [7, 11) is 0. The molecule has 17 heavy (non-hydrogen) atoms. The summed E-state index contributed by atoms with van der Waals surface area (Å²) in [6.07, 6.45) is 1.60. The van der Waals surface area contributed by atoms with Crippen molar-refractivity contribution in [1.82, 2.24) is 5.32 Å². The molecule has 1 rings (SSSR count). The third kappa shape index (κ3) is 4.77. The molecular weight excluding hydrogens is 304 g/mol. The molecule has 0 aliphatic carbocycles. The fourth-order valence-corrected chi connectivity index (χ4v) is 2.66. The predicted molar refractivity (Wildman–Crippen MR) is 72.3 cm³/mol. The largest absolute Gasteiger partial charge is 0.351 e. The molecule has 0 bridgehead atoms. The maximum atomic E-state index is 11.7. The first-order valence-corrected chi connectivity index (χ1v) is 6.81. The van der Waals surface area contributed by atoms with E-state index < -0.39 is 0 Å². The Hall–Kier alpha value is -1.04. The topological polar surface area (TPSA) is 77.9 Å². The first-order chi connectivity index (χ1) is 8.15. The van der Waals surface area contributed by atoms with Crippen LogP contribution in [0.4, 0.5) is 0 Å². The number of hydrogen-bond donors (Lipinski definition) is 1. The van der Waals surface area contributed by atoms with Crippen LogP contribution >= 0.6 is 27.3 Å². The second-order valence-electron chi connectivity index (χ2n) is 3.48. The van der Waals surface area contributed by atoms with Gasteiger partial charge in [0.1, 0.15) is 0 Å². The summed E-state index contributed by atoms with van der Waals surface area (Å²) < 4.78 is 0.992. The van der Waals surface area contributed by atoms with E-state index in [1.807, 2.05) is 13.0 Å². The van der Waals surface area contributed by atoms with Crippen LogP contribution in [0.5, 0.6) is 0 Å². The summed E-state index contributed by atoms with van der Waals surface area (Å²) in [6.45, 7) is 3.04. The highest BCUT2D eigenvalue weighted by Gasteiger charge is 2.09. The second-order valence-corrected chi connectivity index (χ2v) is 5.85. The second kappa shape index (κ2) is 7.32. The van der Waals surface area contributed by atoms with Crippen molar-refractivity contribution in [1.29, 1.82) is 0 Å². The summed E-state index contributed by atoms with van der Waals surface area (Å²) >= 11 is 4.82. The van der Waals surface area contributed by atoms with Gasteiger partial charge in [0, 0.05) is 18.0 Å². The van der Waals surface area contributed by atoms with E-state index in [1.165, 1.54) is 11.3 Å². The highest BCUT2D eigenvalue weighted by molar-refractivity contribution is 9.11. The van der Waals surface area contributed by atoms with Crippen LogP contribution in [0.3, 0.4) is 0 Å². The third-order valence-electron chi connectivity index (χ3n) is 2.11. The molecule has 0 aliphatic rings. The molecule has 1 aromatic rings. The van der Waals surface area contributed by atoms with Crippen molar-refractivity contribution in [2.45, 2.75) is 19.8 Å². The van der Waals surface area contributed by atoms with Gasteiger partial charge in [-0.3, -0.25) is 4.79 Å². The number of hydrogen-bond acceptors (Lipinski definition) is 3. The number of aryl methyl sites for hydroxylation is 1. The molecule has 7 heteroatoms. The monoisotopic (exact) mass is 316 g/mol. The molecule has 0 aliphatic heterocycles. The molecule has 0 spiro atoms. The van der Waals surface area contributed by atoms with Crippen LogP contribution in [0.2, 0.25) is 0 Å². The number of azide groups is 1. The average Bonchev–Trinajstić information content (AvgIpc) is 2.64. The molecule has 1 heterocycles. The Balaban J connectivity index is 2.28. The summed E-state index contributed by atoms with van der Waals surface area (Å²) in [4.78, 5) is 15.1. The van der Waals surface area contributed by atoms with Crippen molar-refractivity contribution in [3.05, 3.63) is 30.7 Å². The van der Waals surface area contributed by atoms with Crippen LogP contribution in [0.15, 0.2) is 15.0 Å². The molecule has 0 saturated heterocycles. The maximum absolute atomic E-state index is 11.7. The highest BCUT2D eigenvalue weighted by Crippen LogP contribution is 2.27. The lowest BCUT2D eigenvalue weighted by Gasteiger charge is -2.01. The third-order valence-corrected chi connectivity index (χ3v) is 4.25. The van der Waals surface area contributed by atoms with E-state index in [4.69, 9.17) is 5.53 Å². The summed E-state index contributed by atoms with van der Waals surface area (Å²) in [5, 5.41) is 6.26. The molecule has 5 nitrogen and oxygen atoms in total.